The third-order valence-corrected chi connectivity index (χ3v) is 3.92. The van der Waals surface area contributed by atoms with Crippen LogP contribution in [0.1, 0.15) is 23.8 Å². The fraction of sp³-hybridized carbons (Fsp3) is 0.150. The second-order valence-electron chi connectivity index (χ2n) is 5.59. The van der Waals surface area contributed by atoms with Gasteiger partial charge in [0.15, 0.2) is 0 Å². The fourth-order valence-corrected chi connectivity index (χ4v) is 2.55. The zero-order chi connectivity index (χ0) is 18.4. The largest absolute Gasteiger partial charge is 0.494 e. The first kappa shape index (κ1) is 17.9. The maximum absolute atomic E-state index is 12.3. The Morgan fingerprint density at radius 1 is 1.12 bits per heavy atom. The van der Waals surface area contributed by atoms with Gasteiger partial charge >= 0.3 is 0 Å². The summed E-state index contributed by atoms with van der Waals surface area (Å²) in [5, 5.41) is 3.35. The van der Waals surface area contributed by atoms with E-state index >= 15 is 0 Å². The molecule has 2 heterocycles. The van der Waals surface area contributed by atoms with Gasteiger partial charge in [-0.1, -0.05) is 18.5 Å². The maximum atomic E-state index is 12.3. The molecule has 0 atom stereocenters. The number of carbonyl (C=O) groups excluding carboxylic acids is 1. The second kappa shape index (κ2) is 8.45. The molecule has 1 N–H and O–H groups in total. The van der Waals surface area contributed by atoms with Gasteiger partial charge in [-0.05, 0) is 55.0 Å². The molecule has 3 rings (SSSR count). The van der Waals surface area contributed by atoms with Crippen molar-refractivity contribution in [1.29, 1.82) is 0 Å². The quantitative estimate of drug-likeness (QED) is 0.677. The van der Waals surface area contributed by atoms with Crippen LogP contribution >= 0.6 is 11.6 Å². The molecule has 0 aliphatic heterocycles. The van der Waals surface area contributed by atoms with Gasteiger partial charge in [0.25, 0.3) is 5.91 Å². The molecule has 1 aromatic carbocycles. The predicted molar refractivity (Wildman–Crippen MR) is 103 cm³/mol. The van der Waals surface area contributed by atoms with Gasteiger partial charge in [-0.25, -0.2) is 0 Å². The number of hydrogen-bond acceptors (Lipinski definition) is 4. The molecule has 132 valence electrons. The summed E-state index contributed by atoms with van der Waals surface area (Å²) in [5.41, 5.74) is 2.38. The van der Waals surface area contributed by atoms with E-state index in [-0.39, 0.29) is 5.91 Å². The first-order chi connectivity index (χ1) is 12.7. The Morgan fingerprint density at radius 3 is 2.58 bits per heavy atom. The molecule has 3 aromatic rings. The minimum absolute atomic E-state index is 0.286. The number of anilines is 1. The highest BCUT2D eigenvalue weighted by Crippen LogP contribution is 2.24. The van der Waals surface area contributed by atoms with E-state index in [2.05, 4.69) is 22.2 Å². The molecule has 0 saturated heterocycles. The molecule has 0 aliphatic carbocycles. The van der Waals surface area contributed by atoms with Gasteiger partial charge < -0.3 is 10.1 Å². The van der Waals surface area contributed by atoms with Crippen molar-refractivity contribution in [2.24, 2.45) is 0 Å². The monoisotopic (exact) mass is 367 g/mol. The number of rotatable bonds is 6. The lowest BCUT2D eigenvalue weighted by Crippen LogP contribution is -2.13. The maximum Gasteiger partial charge on any atom is 0.274 e. The summed E-state index contributed by atoms with van der Waals surface area (Å²) < 4.78 is 5.52. The molecule has 5 nitrogen and oxygen atoms in total. The van der Waals surface area contributed by atoms with Crippen LogP contribution in [-0.4, -0.2) is 22.5 Å². The molecule has 2 aromatic heterocycles. The normalized spacial score (nSPS) is 10.4. The third kappa shape index (κ3) is 4.37. The van der Waals surface area contributed by atoms with E-state index in [9.17, 15) is 4.79 Å². The van der Waals surface area contributed by atoms with Crippen LogP contribution < -0.4 is 10.1 Å². The molecular formula is C20H18ClN3O2. The van der Waals surface area contributed by atoms with Crippen molar-refractivity contribution in [1.82, 2.24) is 9.97 Å². The van der Waals surface area contributed by atoms with Crippen molar-refractivity contribution in [2.45, 2.75) is 13.3 Å². The van der Waals surface area contributed by atoms with Gasteiger partial charge in [0.05, 0.1) is 17.3 Å². The van der Waals surface area contributed by atoms with Crippen LogP contribution in [0.4, 0.5) is 5.69 Å². The van der Waals surface area contributed by atoms with Crippen molar-refractivity contribution >= 4 is 23.2 Å². The van der Waals surface area contributed by atoms with Crippen molar-refractivity contribution in [2.75, 3.05) is 11.9 Å². The smallest absolute Gasteiger partial charge is 0.274 e. The third-order valence-electron chi connectivity index (χ3n) is 3.61. The van der Waals surface area contributed by atoms with Crippen molar-refractivity contribution < 1.29 is 9.53 Å². The number of hydrogen-bond donors (Lipinski definition) is 1. The van der Waals surface area contributed by atoms with Gasteiger partial charge in [-0.3, -0.25) is 14.8 Å². The molecule has 0 spiro atoms. The summed E-state index contributed by atoms with van der Waals surface area (Å²) in [6.45, 7) is 2.72. The standard InChI is InChI=1S/C20H18ClN3O2/c1-2-12-26-16-8-6-15(7-9-16)24-20(25)18-10-5-14(13-23-18)19-17(21)4-3-11-22-19/h3-11,13H,2,12H2,1H3,(H,24,25). The van der Waals surface area contributed by atoms with E-state index in [1.807, 2.05) is 12.1 Å². The van der Waals surface area contributed by atoms with E-state index in [0.29, 0.717) is 28.7 Å². The summed E-state index contributed by atoms with van der Waals surface area (Å²) in [7, 11) is 0. The van der Waals surface area contributed by atoms with E-state index in [1.165, 1.54) is 0 Å². The Balaban J connectivity index is 1.67. The number of benzene rings is 1. The zero-order valence-electron chi connectivity index (χ0n) is 14.3. The lowest BCUT2D eigenvalue weighted by Gasteiger charge is -2.08. The van der Waals surface area contributed by atoms with E-state index < -0.39 is 0 Å². The highest BCUT2D eigenvalue weighted by molar-refractivity contribution is 6.33. The second-order valence-corrected chi connectivity index (χ2v) is 6.00. The number of ether oxygens (including phenoxy) is 1. The predicted octanol–water partition coefficient (Wildman–Crippen LogP) is 4.84. The van der Waals surface area contributed by atoms with Gasteiger partial charge in [0.2, 0.25) is 0 Å². The Hall–Kier alpha value is -2.92. The number of amides is 1. The topological polar surface area (TPSA) is 64.1 Å². The van der Waals surface area contributed by atoms with Crippen molar-refractivity contribution in [3.05, 3.63) is 71.6 Å². The number of pyridine rings is 2. The summed E-state index contributed by atoms with van der Waals surface area (Å²) in [6.07, 6.45) is 4.20. The molecule has 6 heteroatoms. The average molecular weight is 368 g/mol. The number of nitrogens with zero attached hydrogens (tertiary/aromatic N) is 2. The zero-order valence-corrected chi connectivity index (χ0v) is 15.0. The molecule has 0 saturated carbocycles. The van der Waals surface area contributed by atoms with Crippen molar-refractivity contribution in [3.8, 4) is 17.0 Å². The highest BCUT2D eigenvalue weighted by atomic mass is 35.5. The number of halogens is 1. The van der Waals surface area contributed by atoms with Crippen LogP contribution in [0, 0.1) is 0 Å². The first-order valence-electron chi connectivity index (χ1n) is 8.28. The Bertz CT molecular complexity index is 880. The van der Waals surface area contributed by atoms with Crippen LogP contribution in [0.3, 0.4) is 0 Å². The molecular weight excluding hydrogens is 350 g/mol. The Labute approximate surface area is 157 Å². The Morgan fingerprint density at radius 2 is 1.92 bits per heavy atom. The van der Waals surface area contributed by atoms with Gasteiger partial charge in [-0.2, -0.15) is 0 Å². The Kier molecular flexibility index (Phi) is 5.81. The first-order valence-corrected chi connectivity index (χ1v) is 8.66. The van der Waals surface area contributed by atoms with E-state index in [4.69, 9.17) is 16.3 Å². The lowest BCUT2D eigenvalue weighted by molar-refractivity contribution is 0.102. The molecule has 26 heavy (non-hydrogen) atoms. The summed E-state index contributed by atoms with van der Waals surface area (Å²) in [5.74, 6) is 0.491. The van der Waals surface area contributed by atoms with Crippen LogP contribution in [0.5, 0.6) is 5.75 Å². The summed E-state index contributed by atoms with van der Waals surface area (Å²) in [6, 6.07) is 14.2. The van der Waals surface area contributed by atoms with Crippen LogP contribution in [-0.2, 0) is 0 Å². The van der Waals surface area contributed by atoms with Gasteiger partial charge in [0.1, 0.15) is 11.4 Å². The van der Waals surface area contributed by atoms with E-state index in [0.717, 1.165) is 17.7 Å². The van der Waals surface area contributed by atoms with Crippen LogP contribution in [0.25, 0.3) is 11.3 Å². The average Bonchev–Trinajstić information content (AvgIpc) is 2.68. The van der Waals surface area contributed by atoms with Gasteiger partial charge in [-0.15, -0.1) is 0 Å². The van der Waals surface area contributed by atoms with Crippen LogP contribution in [0.15, 0.2) is 60.9 Å². The highest BCUT2D eigenvalue weighted by Gasteiger charge is 2.10. The van der Waals surface area contributed by atoms with Gasteiger partial charge in [0, 0.05) is 23.6 Å². The summed E-state index contributed by atoms with van der Waals surface area (Å²) >= 11 is 6.13. The minimum atomic E-state index is -0.286. The fourth-order valence-electron chi connectivity index (χ4n) is 2.32. The molecule has 0 unspecified atom stereocenters. The molecule has 1 amide bonds. The van der Waals surface area contributed by atoms with Crippen molar-refractivity contribution in [3.63, 3.8) is 0 Å². The molecule has 0 bridgehead atoms. The molecule has 0 radical (unpaired) electrons. The number of nitrogens with one attached hydrogen (secondary N) is 1. The SMILES string of the molecule is CCCOc1ccc(NC(=O)c2ccc(-c3ncccc3Cl)cn2)cc1. The lowest BCUT2D eigenvalue weighted by atomic mass is 10.1. The molecule has 0 fully saturated rings. The summed E-state index contributed by atoms with van der Waals surface area (Å²) in [4.78, 5) is 20.8. The van der Waals surface area contributed by atoms with Crippen LogP contribution in [0.2, 0.25) is 5.02 Å². The number of aromatic nitrogens is 2. The molecule has 0 aliphatic rings. The van der Waals surface area contributed by atoms with E-state index in [1.54, 1.807) is 48.8 Å². The number of carbonyl (C=O) groups is 1. The minimum Gasteiger partial charge on any atom is -0.494 e.